The summed E-state index contributed by atoms with van der Waals surface area (Å²) < 4.78 is 12.0. The van der Waals surface area contributed by atoms with Crippen molar-refractivity contribution in [1.82, 2.24) is 0 Å². The monoisotopic (exact) mass is 240 g/mol. The quantitative estimate of drug-likeness (QED) is 0.319. The van der Waals surface area contributed by atoms with E-state index in [1.807, 2.05) is 0 Å². The molecule has 96 valence electrons. The van der Waals surface area contributed by atoms with E-state index in [9.17, 15) is 35.0 Å². The second-order valence-electron chi connectivity index (χ2n) is 4.15. The molecule has 1 aliphatic carbocycles. The molecular weight excluding hydrogens is 223 g/mol. The summed E-state index contributed by atoms with van der Waals surface area (Å²) in [5.74, 6) is 0. The van der Waals surface area contributed by atoms with E-state index in [0.717, 1.165) is 0 Å². The topological polar surface area (TPSA) is 121 Å². The highest BCUT2D eigenvalue weighted by atomic mass is 19.1. The molecule has 0 aromatic rings. The lowest BCUT2D eigenvalue weighted by Crippen LogP contribution is -2.70. The van der Waals surface area contributed by atoms with E-state index < -0.39 is 42.8 Å². The van der Waals surface area contributed by atoms with Crippen LogP contribution in [0, 0.1) is 0 Å². The molecular formula is C9H17FO6. The molecule has 1 aliphatic rings. The Hall–Kier alpha value is -0.310. The molecule has 0 aromatic carbocycles. The highest BCUT2D eigenvalue weighted by Crippen LogP contribution is 2.33. The van der Waals surface area contributed by atoms with Crippen LogP contribution in [0.3, 0.4) is 0 Å². The zero-order valence-corrected chi connectivity index (χ0v) is 8.57. The average Bonchev–Trinajstić information content (AvgIpc) is 2.29. The third-order valence-corrected chi connectivity index (χ3v) is 3.08. The summed E-state index contributed by atoms with van der Waals surface area (Å²) in [5, 5.41) is 56.9. The molecule has 4 atom stereocenters. The lowest BCUT2D eigenvalue weighted by molar-refractivity contribution is -0.270. The van der Waals surface area contributed by atoms with Crippen molar-refractivity contribution in [3.8, 4) is 0 Å². The van der Waals surface area contributed by atoms with E-state index in [2.05, 4.69) is 0 Å². The summed E-state index contributed by atoms with van der Waals surface area (Å²) in [6.45, 7) is -0.767. The van der Waals surface area contributed by atoms with Crippen LogP contribution in [0.1, 0.15) is 12.8 Å². The van der Waals surface area contributed by atoms with Gasteiger partial charge in [-0.2, -0.15) is 0 Å². The first kappa shape index (κ1) is 13.8. The Balaban J connectivity index is 2.88. The van der Waals surface area contributed by atoms with Crippen LogP contribution in [-0.4, -0.2) is 73.4 Å². The van der Waals surface area contributed by atoms with Crippen molar-refractivity contribution in [3.05, 3.63) is 0 Å². The summed E-state index contributed by atoms with van der Waals surface area (Å²) in [4.78, 5) is 0. The van der Waals surface area contributed by atoms with Gasteiger partial charge in [0.05, 0.1) is 6.67 Å². The SMILES string of the molecule is OC1C(O)C(O)C(O)(CCCF)C(O)C1O. The van der Waals surface area contributed by atoms with Gasteiger partial charge in [-0.15, -0.1) is 0 Å². The Morgan fingerprint density at radius 3 is 1.69 bits per heavy atom. The molecule has 0 radical (unpaired) electrons. The molecule has 4 unspecified atom stereocenters. The zero-order valence-electron chi connectivity index (χ0n) is 8.57. The van der Waals surface area contributed by atoms with Crippen molar-refractivity contribution in [2.75, 3.05) is 6.67 Å². The van der Waals surface area contributed by atoms with Gasteiger partial charge in [-0.25, -0.2) is 0 Å². The standard InChI is InChI=1S/C9H17FO6/c10-3-1-2-9(16)7(14)5(12)4(11)6(13)8(9)15/h4-8,11-16H,1-3H2. The Labute approximate surface area is 91.6 Å². The first-order chi connectivity index (χ1) is 7.36. The maximum Gasteiger partial charge on any atom is 0.122 e. The van der Waals surface area contributed by atoms with Gasteiger partial charge < -0.3 is 30.6 Å². The van der Waals surface area contributed by atoms with Crippen molar-refractivity contribution >= 4 is 0 Å². The molecule has 1 saturated carbocycles. The van der Waals surface area contributed by atoms with Gasteiger partial charge in [0.1, 0.15) is 36.1 Å². The van der Waals surface area contributed by atoms with E-state index >= 15 is 0 Å². The van der Waals surface area contributed by atoms with Gasteiger partial charge in [0.25, 0.3) is 0 Å². The minimum Gasteiger partial charge on any atom is -0.387 e. The molecule has 0 aliphatic heterocycles. The van der Waals surface area contributed by atoms with Crippen LogP contribution in [0.5, 0.6) is 0 Å². The number of hydrogen-bond donors (Lipinski definition) is 6. The summed E-state index contributed by atoms with van der Waals surface area (Å²) in [6.07, 6.45) is -9.48. The highest BCUT2D eigenvalue weighted by Gasteiger charge is 2.56. The second-order valence-corrected chi connectivity index (χ2v) is 4.15. The predicted octanol–water partition coefficient (Wildman–Crippen LogP) is -2.71. The summed E-state index contributed by atoms with van der Waals surface area (Å²) in [5.41, 5.74) is -2.22. The lowest BCUT2D eigenvalue weighted by Gasteiger charge is -2.47. The average molecular weight is 240 g/mol. The predicted molar refractivity (Wildman–Crippen MR) is 50.2 cm³/mol. The molecule has 0 bridgehead atoms. The van der Waals surface area contributed by atoms with Crippen LogP contribution < -0.4 is 0 Å². The van der Waals surface area contributed by atoms with Gasteiger partial charge in [-0.3, -0.25) is 4.39 Å². The molecule has 1 fully saturated rings. The number of aliphatic hydroxyl groups is 6. The first-order valence-electron chi connectivity index (χ1n) is 5.05. The Bertz CT molecular complexity index is 222. The molecule has 7 heteroatoms. The van der Waals surface area contributed by atoms with E-state index in [-0.39, 0.29) is 12.8 Å². The van der Waals surface area contributed by atoms with Crippen molar-refractivity contribution in [1.29, 1.82) is 0 Å². The fourth-order valence-electron chi connectivity index (χ4n) is 1.99. The maximum absolute atomic E-state index is 12.0. The Kier molecular flexibility index (Phi) is 4.22. The van der Waals surface area contributed by atoms with E-state index in [1.165, 1.54) is 0 Å². The largest absolute Gasteiger partial charge is 0.387 e. The molecule has 1 rings (SSSR count). The normalized spacial score (nSPS) is 49.3. The molecule has 0 saturated heterocycles. The Morgan fingerprint density at radius 1 is 0.875 bits per heavy atom. The van der Waals surface area contributed by atoms with Crippen LogP contribution in [0.2, 0.25) is 0 Å². The third-order valence-electron chi connectivity index (χ3n) is 3.08. The van der Waals surface area contributed by atoms with Crippen LogP contribution in [-0.2, 0) is 0 Å². The molecule has 0 amide bonds. The van der Waals surface area contributed by atoms with Gasteiger partial charge in [0.15, 0.2) is 0 Å². The summed E-state index contributed by atoms with van der Waals surface area (Å²) >= 11 is 0. The molecule has 16 heavy (non-hydrogen) atoms. The molecule has 0 spiro atoms. The van der Waals surface area contributed by atoms with E-state index in [0.29, 0.717) is 0 Å². The van der Waals surface area contributed by atoms with Crippen molar-refractivity contribution in [2.24, 2.45) is 0 Å². The van der Waals surface area contributed by atoms with Crippen molar-refractivity contribution in [2.45, 2.75) is 49.0 Å². The summed E-state index contributed by atoms with van der Waals surface area (Å²) in [7, 11) is 0. The van der Waals surface area contributed by atoms with Gasteiger partial charge in [-0.1, -0.05) is 0 Å². The van der Waals surface area contributed by atoms with E-state index in [4.69, 9.17) is 0 Å². The van der Waals surface area contributed by atoms with Crippen LogP contribution in [0.15, 0.2) is 0 Å². The molecule has 6 N–H and O–H groups in total. The third kappa shape index (κ3) is 2.06. The van der Waals surface area contributed by atoms with Crippen molar-refractivity contribution in [3.63, 3.8) is 0 Å². The fraction of sp³-hybridized carbons (Fsp3) is 1.00. The van der Waals surface area contributed by atoms with Gasteiger partial charge in [0.2, 0.25) is 0 Å². The number of hydrogen-bond acceptors (Lipinski definition) is 6. The minimum absolute atomic E-state index is 0.139. The zero-order chi connectivity index (χ0) is 12.5. The molecule has 6 nitrogen and oxygen atoms in total. The number of halogens is 1. The smallest absolute Gasteiger partial charge is 0.122 e. The second kappa shape index (κ2) is 4.91. The van der Waals surface area contributed by atoms with Crippen molar-refractivity contribution < 1.29 is 35.0 Å². The number of rotatable bonds is 3. The highest BCUT2D eigenvalue weighted by molar-refractivity contribution is 5.08. The fourth-order valence-corrected chi connectivity index (χ4v) is 1.99. The maximum atomic E-state index is 12.0. The van der Waals surface area contributed by atoms with Gasteiger partial charge >= 0.3 is 0 Å². The van der Waals surface area contributed by atoms with Crippen LogP contribution >= 0.6 is 0 Å². The first-order valence-corrected chi connectivity index (χ1v) is 5.05. The lowest BCUT2D eigenvalue weighted by atomic mass is 9.72. The van der Waals surface area contributed by atoms with E-state index in [1.54, 1.807) is 0 Å². The minimum atomic E-state index is -2.22. The van der Waals surface area contributed by atoms with Gasteiger partial charge in [0, 0.05) is 0 Å². The summed E-state index contributed by atoms with van der Waals surface area (Å²) in [6, 6.07) is 0. The number of alkyl halides is 1. The Morgan fingerprint density at radius 2 is 1.31 bits per heavy atom. The molecule has 0 aromatic heterocycles. The van der Waals surface area contributed by atoms with Crippen LogP contribution in [0.4, 0.5) is 4.39 Å². The van der Waals surface area contributed by atoms with Gasteiger partial charge in [-0.05, 0) is 12.8 Å². The molecule has 0 heterocycles. The number of aliphatic hydroxyl groups excluding tert-OH is 5. The van der Waals surface area contributed by atoms with Crippen LogP contribution in [0.25, 0.3) is 0 Å².